The summed E-state index contributed by atoms with van der Waals surface area (Å²) < 4.78 is 0. The van der Waals surface area contributed by atoms with Crippen molar-refractivity contribution in [3.05, 3.63) is 42.2 Å². The Labute approximate surface area is 107 Å². The molecule has 1 heterocycles. The predicted octanol–water partition coefficient (Wildman–Crippen LogP) is 2.79. The first-order valence-corrected chi connectivity index (χ1v) is 6.60. The first-order valence-electron chi connectivity index (χ1n) is 6.60. The molecule has 1 aromatic carbocycles. The molecule has 3 N–H and O–H groups in total. The number of hydrazine groups is 1. The molecule has 2 unspecified atom stereocenters. The van der Waals surface area contributed by atoms with E-state index in [2.05, 4.69) is 35.5 Å². The zero-order valence-corrected chi connectivity index (χ0v) is 10.6. The predicted molar refractivity (Wildman–Crippen MR) is 73.7 cm³/mol. The molecule has 1 fully saturated rings. The Morgan fingerprint density at radius 1 is 1.28 bits per heavy atom. The zero-order chi connectivity index (χ0) is 12.5. The van der Waals surface area contributed by atoms with Crippen LogP contribution in [0.3, 0.4) is 0 Å². The van der Waals surface area contributed by atoms with Gasteiger partial charge in [-0.15, -0.1) is 0 Å². The molecule has 3 heteroatoms. The number of hydrogen-bond donors (Lipinski definition) is 2. The van der Waals surface area contributed by atoms with Gasteiger partial charge in [-0.2, -0.15) is 0 Å². The third kappa shape index (κ3) is 2.00. The van der Waals surface area contributed by atoms with Crippen LogP contribution in [-0.2, 0) is 0 Å². The van der Waals surface area contributed by atoms with Crippen LogP contribution in [0.1, 0.15) is 31.4 Å². The lowest BCUT2D eigenvalue weighted by atomic mass is 9.89. The van der Waals surface area contributed by atoms with E-state index in [4.69, 9.17) is 5.84 Å². The second-order valence-corrected chi connectivity index (χ2v) is 5.29. The van der Waals surface area contributed by atoms with E-state index in [1.165, 1.54) is 29.2 Å². The summed E-state index contributed by atoms with van der Waals surface area (Å²) in [6, 6.07) is 8.55. The number of pyridine rings is 1. The molecule has 2 atom stereocenters. The molecule has 0 saturated heterocycles. The highest BCUT2D eigenvalue weighted by molar-refractivity contribution is 5.85. The Morgan fingerprint density at radius 2 is 2.06 bits per heavy atom. The number of nitrogens with two attached hydrogens (primary N) is 1. The van der Waals surface area contributed by atoms with Crippen molar-refractivity contribution in [3.8, 4) is 0 Å². The summed E-state index contributed by atoms with van der Waals surface area (Å²) in [6.45, 7) is 2.28. The Morgan fingerprint density at radius 3 is 2.78 bits per heavy atom. The van der Waals surface area contributed by atoms with E-state index in [1.54, 1.807) is 0 Å². The fourth-order valence-electron chi connectivity index (χ4n) is 2.81. The Kier molecular flexibility index (Phi) is 3.02. The van der Waals surface area contributed by atoms with Crippen LogP contribution in [0.2, 0.25) is 0 Å². The van der Waals surface area contributed by atoms with Crippen LogP contribution in [0.4, 0.5) is 0 Å². The normalized spacial score (nSPS) is 18.8. The summed E-state index contributed by atoms with van der Waals surface area (Å²) in [7, 11) is 0. The first-order chi connectivity index (χ1) is 8.81. The van der Waals surface area contributed by atoms with Crippen LogP contribution in [0, 0.1) is 11.8 Å². The number of aromatic nitrogens is 1. The minimum absolute atomic E-state index is 0.191. The zero-order valence-electron chi connectivity index (χ0n) is 10.6. The van der Waals surface area contributed by atoms with Crippen molar-refractivity contribution in [1.82, 2.24) is 10.4 Å². The maximum Gasteiger partial charge on any atom is 0.0509 e. The minimum Gasteiger partial charge on any atom is -0.271 e. The van der Waals surface area contributed by atoms with Crippen LogP contribution in [0.15, 0.2) is 36.7 Å². The highest BCUT2D eigenvalue weighted by Crippen LogP contribution is 2.43. The van der Waals surface area contributed by atoms with Gasteiger partial charge >= 0.3 is 0 Å². The average Bonchev–Trinajstić information content (AvgIpc) is 3.24. The minimum atomic E-state index is 0.191. The van der Waals surface area contributed by atoms with Crippen molar-refractivity contribution in [2.75, 3.05) is 0 Å². The number of fused-ring (bicyclic) bond motifs is 1. The highest BCUT2D eigenvalue weighted by atomic mass is 15.2. The number of rotatable bonds is 4. The summed E-state index contributed by atoms with van der Waals surface area (Å²) in [5.74, 6) is 7.15. The molecular formula is C15H19N3. The molecule has 0 bridgehead atoms. The van der Waals surface area contributed by atoms with Crippen molar-refractivity contribution >= 4 is 10.8 Å². The fraction of sp³-hybridized carbons (Fsp3) is 0.400. The highest BCUT2D eigenvalue weighted by Gasteiger charge is 2.34. The average molecular weight is 241 g/mol. The van der Waals surface area contributed by atoms with Gasteiger partial charge in [0.1, 0.15) is 0 Å². The van der Waals surface area contributed by atoms with Crippen LogP contribution >= 0.6 is 0 Å². The Balaban J connectivity index is 2.05. The van der Waals surface area contributed by atoms with Gasteiger partial charge in [0.25, 0.3) is 0 Å². The molecule has 1 aliphatic carbocycles. The van der Waals surface area contributed by atoms with Crippen LogP contribution < -0.4 is 11.3 Å². The number of hydrogen-bond acceptors (Lipinski definition) is 3. The third-order valence-electron chi connectivity index (χ3n) is 4.11. The van der Waals surface area contributed by atoms with Gasteiger partial charge < -0.3 is 0 Å². The Hall–Kier alpha value is -1.45. The number of nitrogens with one attached hydrogen (secondary N) is 1. The largest absolute Gasteiger partial charge is 0.271 e. The van der Waals surface area contributed by atoms with E-state index >= 15 is 0 Å². The molecule has 18 heavy (non-hydrogen) atoms. The van der Waals surface area contributed by atoms with Gasteiger partial charge in [0.2, 0.25) is 0 Å². The number of nitrogens with zero attached hydrogens (tertiary/aromatic N) is 1. The summed E-state index contributed by atoms with van der Waals surface area (Å²) >= 11 is 0. The monoisotopic (exact) mass is 241 g/mol. The van der Waals surface area contributed by atoms with Crippen molar-refractivity contribution in [2.24, 2.45) is 17.7 Å². The standard InChI is InChI=1S/C15H19N3/c1-10(11-6-7-11)15(18-16)14-9-17-8-12-4-2-3-5-13(12)14/h2-5,8-11,15,18H,6-7,16H2,1H3. The molecule has 1 saturated carbocycles. The lowest BCUT2D eigenvalue weighted by Crippen LogP contribution is -2.33. The van der Waals surface area contributed by atoms with Gasteiger partial charge in [-0.25, -0.2) is 0 Å². The second kappa shape index (κ2) is 4.67. The number of benzene rings is 1. The molecule has 0 amide bonds. The van der Waals surface area contributed by atoms with Crippen LogP contribution in [0.25, 0.3) is 10.8 Å². The van der Waals surface area contributed by atoms with E-state index in [0.717, 1.165) is 5.92 Å². The molecule has 0 radical (unpaired) electrons. The lowest BCUT2D eigenvalue weighted by Gasteiger charge is -2.24. The summed E-state index contributed by atoms with van der Waals surface area (Å²) in [6.07, 6.45) is 6.52. The van der Waals surface area contributed by atoms with Gasteiger partial charge in [-0.05, 0) is 35.6 Å². The van der Waals surface area contributed by atoms with E-state index in [0.29, 0.717) is 5.92 Å². The van der Waals surface area contributed by atoms with Gasteiger partial charge in [-0.3, -0.25) is 16.3 Å². The van der Waals surface area contributed by atoms with E-state index in [1.807, 2.05) is 18.5 Å². The van der Waals surface area contributed by atoms with Gasteiger partial charge in [0, 0.05) is 17.8 Å². The molecular weight excluding hydrogens is 222 g/mol. The second-order valence-electron chi connectivity index (χ2n) is 5.29. The SMILES string of the molecule is CC(C1CC1)C(NN)c1cncc2ccccc12. The van der Waals surface area contributed by atoms with E-state index in [-0.39, 0.29) is 6.04 Å². The summed E-state index contributed by atoms with van der Waals surface area (Å²) in [5, 5.41) is 2.43. The molecule has 1 aliphatic rings. The fourth-order valence-corrected chi connectivity index (χ4v) is 2.81. The van der Waals surface area contributed by atoms with Gasteiger partial charge in [0.05, 0.1) is 6.04 Å². The van der Waals surface area contributed by atoms with Gasteiger partial charge in [-0.1, -0.05) is 31.2 Å². The summed E-state index contributed by atoms with van der Waals surface area (Å²) in [4.78, 5) is 4.35. The van der Waals surface area contributed by atoms with Crippen molar-refractivity contribution in [1.29, 1.82) is 0 Å². The molecule has 3 nitrogen and oxygen atoms in total. The molecule has 94 valence electrons. The summed E-state index contributed by atoms with van der Waals surface area (Å²) in [5.41, 5.74) is 4.21. The molecule has 2 aromatic rings. The smallest absolute Gasteiger partial charge is 0.0509 e. The maximum atomic E-state index is 5.78. The first kappa shape index (κ1) is 11.6. The van der Waals surface area contributed by atoms with Crippen LogP contribution in [0.5, 0.6) is 0 Å². The van der Waals surface area contributed by atoms with Crippen LogP contribution in [-0.4, -0.2) is 4.98 Å². The molecule has 3 rings (SSSR count). The van der Waals surface area contributed by atoms with E-state index < -0.39 is 0 Å². The Bertz CT molecular complexity index is 543. The third-order valence-corrected chi connectivity index (χ3v) is 4.11. The van der Waals surface area contributed by atoms with Crippen molar-refractivity contribution < 1.29 is 0 Å². The molecule has 0 aliphatic heterocycles. The maximum absolute atomic E-state index is 5.78. The quantitative estimate of drug-likeness (QED) is 0.639. The molecule has 1 aromatic heterocycles. The molecule has 0 spiro atoms. The lowest BCUT2D eigenvalue weighted by molar-refractivity contribution is 0.355. The topological polar surface area (TPSA) is 50.9 Å². The van der Waals surface area contributed by atoms with Gasteiger partial charge in [0.15, 0.2) is 0 Å². The van der Waals surface area contributed by atoms with Crippen molar-refractivity contribution in [2.45, 2.75) is 25.8 Å². The van der Waals surface area contributed by atoms with Crippen molar-refractivity contribution in [3.63, 3.8) is 0 Å². The van der Waals surface area contributed by atoms with E-state index in [9.17, 15) is 0 Å².